The summed E-state index contributed by atoms with van der Waals surface area (Å²) in [7, 11) is 0. The standard InChI is InChI=1S/C15H18N4O3S/c1-3-19-12-5-6-18(14(20)11-8-23-9-16-11)7-10(12)13(17-19)15(21)22-4-2/h8-9H,3-7H2,1-2H3. The number of amides is 1. The summed E-state index contributed by atoms with van der Waals surface area (Å²) >= 11 is 1.39. The van der Waals surface area contributed by atoms with Gasteiger partial charge in [0.1, 0.15) is 5.69 Å². The van der Waals surface area contributed by atoms with Crippen molar-refractivity contribution in [1.29, 1.82) is 0 Å². The average molecular weight is 334 g/mol. The first-order valence-corrected chi connectivity index (χ1v) is 8.53. The Kier molecular flexibility index (Phi) is 4.42. The van der Waals surface area contributed by atoms with Crippen molar-refractivity contribution in [3.05, 3.63) is 33.5 Å². The molecule has 0 saturated heterocycles. The molecule has 1 amide bonds. The van der Waals surface area contributed by atoms with Crippen LogP contribution in [-0.4, -0.2) is 44.7 Å². The normalized spacial score (nSPS) is 13.7. The molecule has 23 heavy (non-hydrogen) atoms. The molecule has 3 rings (SSSR count). The van der Waals surface area contributed by atoms with Crippen LogP contribution in [0.25, 0.3) is 0 Å². The number of hydrogen-bond donors (Lipinski definition) is 0. The average Bonchev–Trinajstić information content (AvgIpc) is 3.21. The predicted octanol–water partition coefficient (Wildman–Crippen LogP) is 1.73. The minimum Gasteiger partial charge on any atom is -0.461 e. The van der Waals surface area contributed by atoms with Gasteiger partial charge in [-0.25, -0.2) is 9.78 Å². The van der Waals surface area contributed by atoms with Crippen LogP contribution in [0.15, 0.2) is 10.9 Å². The third-order valence-electron chi connectivity index (χ3n) is 3.84. The molecule has 0 fully saturated rings. The maximum Gasteiger partial charge on any atom is 0.359 e. The van der Waals surface area contributed by atoms with E-state index in [1.165, 1.54) is 11.3 Å². The molecule has 8 heteroatoms. The zero-order valence-electron chi connectivity index (χ0n) is 13.1. The molecule has 0 radical (unpaired) electrons. The molecule has 3 heterocycles. The van der Waals surface area contributed by atoms with Crippen LogP contribution in [0.5, 0.6) is 0 Å². The Labute approximate surface area is 137 Å². The van der Waals surface area contributed by atoms with E-state index < -0.39 is 5.97 Å². The highest BCUT2D eigenvalue weighted by Crippen LogP contribution is 2.24. The fourth-order valence-electron chi connectivity index (χ4n) is 2.77. The molecule has 7 nitrogen and oxygen atoms in total. The van der Waals surface area contributed by atoms with E-state index in [9.17, 15) is 9.59 Å². The molecule has 0 spiro atoms. The number of carbonyl (C=O) groups excluding carboxylic acids is 2. The number of nitrogens with zero attached hydrogens (tertiary/aromatic N) is 4. The predicted molar refractivity (Wildman–Crippen MR) is 84.4 cm³/mol. The van der Waals surface area contributed by atoms with Crippen LogP contribution < -0.4 is 0 Å². The van der Waals surface area contributed by atoms with Gasteiger partial charge >= 0.3 is 5.97 Å². The molecule has 122 valence electrons. The molecule has 2 aromatic rings. The summed E-state index contributed by atoms with van der Waals surface area (Å²) in [5, 5.41) is 6.11. The molecule has 2 aromatic heterocycles. The van der Waals surface area contributed by atoms with Crippen molar-refractivity contribution in [2.45, 2.75) is 33.4 Å². The third kappa shape index (κ3) is 2.86. The van der Waals surface area contributed by atoms with E-state index in [4.69, 9.17) is 4.74 Å². The minimum atomic E-state index is -0.432. The van der Waals surface area contributed by atoms with Gasteiger partial charge in [0.25, 0.3) is 5.91 Å². The summed E-state index contributed by atoms with van der Waals surface area (Å²) in [5.74, 6) is -0.546. The number of aromatic nitrogens is 3. The van der Waals surface area contributed by atoms with Crippen molar-refractivity contribution in [3.63, 3.8) is 0 Å². The highest BCUT2D eigenvalue weighted by molar-refractivity contribution is 7.07. The van der Waals surface area contributed by atoms with Gasteiger partial charge in [-0.3, -0.25) is 9.48 Å². The smallest absolute Gasteiger partial charge is 0.359 e. The van der Waals surface area contributed by atoms with Gasteiger partial charge < -0.3 is 9.64 Å². The first kappa shape index (κ1) is 15.7. The Morgan fingerprint density at radius 1 is 1.39 bits per heavy atom. The number of hydrogen-bond acceptors (Lipinski definition) is 6. The number of ether oxygens (including phenoxy) is 1. The Morgan fingerprint density at radius 3 is 2.87 bits per heavy atom. The van der Waals surface area contributed by atoms with Crippen LogP contribution in [0.4, 0.5) is 0 Å². The van der Waals surface area contributed by atoms with E-state index in [2.05, 4.69) is 10.1 Å². The zero-order chi connectivity index (χ0) is 16.4. The lowest BCUT2D eigenvalue weighted by molar-refractivity contribution is 0.0513. The lowest BCUT2D eigenvalue weighted by Crippen LogP contribution is -2.37. The second-order valence-corrected chi connectivity index (χ2v) is 5.88. The quantitative estimate of drug-likeness (QED) is 0.796. The molecular weight excluding hydrogens is 316 g/mol. The van der Waals surface area contributed by atoms with Gasteiger partial charge in [0.15, 0.2) is 5.69 Å². The van der Waals surface area contributed by atoms with Gasteiger partial charge in [-0.1, -0.05) is 0 Å². The molecule has 0 bridgehead atoms. The first-order valence-electron chi connectivity index (χ1n) is 7.58. The number of esters is 1. The maximum atomic E-state index is 12.5. The fourth-order valence-corrected chi connectivity index (χ4v) is 3.30. The number of aryl methyl sites for hydroxylation is 1. The van der Waals surface area contributed by atoms with Crippen molar-refractivity contribution in [1.82, 2.24) is 19.7 Å². The number of carbonyl (C=O) groups is 2. The van der Waals surface area contributed by atoms with E-state index in [1.807, 2.05) is 11.6 Å². The van der Waals surface area contributed by atoms with E-state index >= 15 is 0 Å². The van der Waals surface area contributed by atoms with Crippen molar-refractivity contribution in [2.75, 3.05) is 13.2 Å². The van der Waals surface area contributed by atoms with E-state index in [0.29, 0.717) is 44.0 Å². The molecular formula is C15H18N4O3S. The maximum absolute atomic E-state index is 12.5. The van der Waals surface area contributed by atoms with Crippen LogP contribution >= 0.6 is 11.3 Å². The lowest BCUT2D eigenvalue weighted by atomic mass is 10.0. The van der Waals surface area contributed by atoms with Crippen LogP contribution in [0.2, 0.25) is 0 Å². The summed E-state index contributed by atoms with van der Waals surface area (Å²) in [5.41, 5.74) is 4.21. The van der Waals surface area contributed by atoms with Gasteiger partial charge in [-0.15, -0.1) is 11.3 Å². The SMILES string of the molecule is CCOC(=O)c1nn(CC)c2c1CN(C(=O)c1cscn1)CC2. The molecule has 1 aliphatic rings. The third-order valence-corrected chi connectivity index (χ3v) is 4.43. The first-order chi connectivity index (χ1) is 11.2. The minimum absolute atomic E-state index is 0.115. The Hall–Kier alpha value is -2.22. The van der Waals surface area contributed by atoms with E-state index in [0.717, 1.165) is 11.3 Å². The highest BCUT2D eigenvalue weighted by atomic mass is 32.1. The number of thiazole rings is 1. The number of rotatable bonds is 4. The molecule has 0 atom stereocenters. The molecule has 0 saturated carbocycles. The fraction of sp³-hybridized carbons (Fsp3) is 0.467. The van der Waals surface area contributed by atoms with Crippen molar-refractivity contribution >= 4 is 23.2 Å². The Balaban J connectivity index is 1.91. The Bertz CT molecular complexity index is 723. The molecule has 0 aromatic carbocycles. The lowest BCUT2D eigenvalue weighted by Gasteiger charge is -2.27. The summed E-state index contributed by atoms with van der Waals surface area (Å²) in [6, 6.07) is 0. The second-order valence-electron chi connectivity index (χ2n) is 5.16. The molecule has 0 aliphatic carbocycles. The molecule has 1 aliphatic heterocycles. The van der Waals surface area contributed by atoms with Crippen molar-refractivity contribution in [2.24, 2.45) is 0 Å². The van der Waals surface area contributed by atoms with Crippen molar-refractivity contribution in [3.8, 4) is 0 Å². The molecule has 0 N–H and O–H groups in total. The van der Waals surface area contributed by atoms with Crippen LogP contribution in [-0.2, 0) is 24.2 Å². The second kappa shape index (κ2) is 6.49. The topological polar surface area (TPSA) is 77.3 Å². The highest BCUT2D eigenvalue weighted by Gasteiger charge is 2.31. The zero-order valence-corrected chi connectivity index (χ0v) is 13.9. The van der Waals surface area contributed by atoms with E-state index in [-0.39, 0.29) is 5.91 Å². The number of fused-ring (bicyclic) bond motifs is 1. The van der Waals surface area contributed by atoms with Crippen LogP contribution in [0, 0.1) is 0 Å². The monoisotopic (exact) mass is 334 g/mol. The van der Waals surface area contributed by atoms with Gasteiger partial charge in [0.2, 0.25) is 0 Å². The van der Waals surface area contributed by atoms with Gasteiger partial charge in [0.05, 0.1) is 18.7 Å². The summed E-state index contributed by atoms with van der Waals surface area (Å²) in [6.45, 7) is 5.68. The van der Waals surface area contributed by atoms with Gasteiger partial charge in [-0.05, 0) is 13.8 Å². The summed E-state index contributed by atoms with van der Waals surface area (Å²) in [6.07, 6.45) is 0.672. The van der Waals surface area contributed by atoms with Gasteiger partial charge in [0, 0.05) is 36.1 Å². The van der Waals surface area contributed by atoms with Crippen molar-refractivity contribution < 1.29 is 14.3 Å². The van der Waals surface area contributed by atoms with Gasteiger partial charge in [-0.2, -0.15) is 5.10 Å². The van der Waals surface area contributed by atoms with E-state index in [1.54, 1.807) is 22.7 Å². The molecule has 0 unspecified atom stereocenters. The largest absolute Gasteiger partial charge is 0.461 e. The summed E-state index contributed by atoms with van der Waals surface area (Å²) in [4.78, 5) is 30.4. The van der Waals surface area contributed by atoms with Crippen LogP contribution in [0.3, 0.4) is 0 Å². The van der Waals surface area contributed by atoms with Crippen LogP contribution in [0.1, 0.15) is 46.1 Å². The Morgan fingerprint density at radius 2 is 2.22 bits per heavy atom. The summed E-state index contributed by atoms with van der Waals surface area (Å²) < 4.78 is 6.92.